The third kappa shape index (κ3) is 5.19. The van der Waals surface area contributed by atoms with Crippen LogP contribution in [0.5, 0.6) is 11.5 Å². The van der Waals surface area contributed by atoms with Gasteiger partial charge < -0.3 is 20.1 Å². The van der Waals surface area contributed by atoms with Gasteiger partial charge in [-0.1, -0.05) is 17.7 Å². The Bertz CT molecular complexity index is 1220. The Morgan fingerprint density at radius 3 is 2.23 bits per heavy atom. The van der Waals surface area contributed by atoms with Gasteiger partial charge in [-0.25, -0.2) is 13.2 Å². The number of sulfonamides is 1. The second-order valence-corrected chi connectivity index (χ2v) is 8.70. The largest absolute Gasteiger partial charge is 0.486 e. The number of benzene rings is 3. The molecule has 3 N–H and O–H groups in total. The number of ether oxygens (including phenoxy) is 2. The van der Waals surface area contributed by atoms with E-state index in [9.17, 15) is 13.2 Å². The van der Waals surface area contributed by atoms with Crippen molar-refractivity contribution in [2.75, 3.05) is 28.6 Å². The maximum absolute atomic E-state index is 12.7. The molecule has 1 aliphatic rings. The van der Waals surface area contributed by atoms with Gasteiger partial charge in [-0.15, -0.1) is 0 Å². The summed E-state index contributed by atoms with van der Waals surface area (Å²) in [6.07, 6.45) is 0. The van der Waals surface area contributed by atoms with E-state index in [1.165, 1.54) is 12.1 Å². The lowest BCUT2D eigenvalue weighted by Crippen LogP contribution is -2.19. The topological polar surface area (TPSA) is 106 Å². The summed E-state index contributed by atoms with van der Waals surface area (Å²) in [5, 5.41) is 5.83. The maximum Gasteiger partial charge on any atom is 0.323 e. The lowest BCUT2D eigenvalue weighted by atomic mass is 10.3. The van der Waals surface area contributed by atoms with Crippen LogP contribution in [-0.4, -0.2) is 27.7 Å². The fourth-order valence-electron chi connectivity index (χ4n) is 2.89. The summed E-state index contributed by atoms with van der Waals surface area (Å²) in [5.41, 5.74) is 1.38. The molecule has 160 valence electrons. The minimum Gasteiger partial charge on any atom is -0.486 e. The van der Waals surface area contributed by atoms with Crippen LogP contribution < -0.4 is 24.8 Å². The number of hydrogen-bond donors (Lipinski definition) is 3. The van der Waals surface area contributed by atoms with E-state index in [2.05, 4.69) is 15.4 Å². The van der Waals surface area contributed by atoms with Crippen molar-refractivity contribution < 1.29 is 22.7 Å². The highest BCUT2D eigenvalue weighted by atomic mass is 35.5. The van der Waals surface area contributed by atoms with Crippen LogP contribution in [0.1, 0.15) is 0 Å². The molecule has 8 nitrogen and oxygen atoms in total. The Morgan fingerprint density at radius 2 is 1.48 bits per heavy atom. The van der Waals surface area contributed by atoms with Crippen LogP contribution in [0, 0.1) is 0 Å². The van der Waals surface area contributed by atoms with Gasteiger partial charge in [-0.05, 0) is 54.6 Å². The van der Waals surface area contributed by atoms with Crippen molar-refractivity contribution >= 4 is 44.7 Å². The first-order chi connectivity index (χ1) is 14.9. The van der Waals surface area contributed by atoms with Gasteiger partial charge in [0.1, 0.15) is 13.2 Å². The molecule has 0 atom stereocenters. The normalized spacial score (nSPS) is 12.7. The summed E-state index contributed by atoms with van der Waals surface area (Å²) in [4.78, 5) is 12.2. The fraction of sp³-hybridized carbons (Fsp3) is 0.0952. The highest BCUT2D eigenvalue weighted by Crippen LogP contribution is 2.32. The molecule has 4 rings (SSSR count). The van der Waals surface area contributed by atoms with E-state index in [-0.39, 0.29) is 4.90 Å². The number of fused-ring (bicyclic) bond motifs is 1. The molecule has 0 aromatic heterocycles. The maximum atomic E-state index is 12.7. The van der Waals surface area contributed by atoms with Crippen molar-refractivity contribution in [3.63, 3.8) is 0 Å². The Labute approximate surface area is 184 Å². The molecule has 1 aliphatic heterocycles. The summed E-state index contributed by atoms with van der Waals surface area (Å²) >= 11 is 5.90. The molecule has 10 heteroatoms. The van der Waals surface area contributed by atoms with Gasteiger partial charge in [0.2, 0.25) is 0 Å². The molecule has 3 aromatic carbocycles. The number of amides is 2. The van der Waals surface area contributed by atoms with Crippen LogP contribution in [0.25, 0.3) is 0 Å². The smallest absolute Gasteiger partial charge is 0.323 e. The molecule has 0 radical (unpaired) electrons. The van der Waals surface area contributed by atoms with Gasteiger partial charge in [0.05, 0.1) is 4.90 Å². The zero-order chi connectivity index (χ0) is 21.8. The van der Waals surface area contributed by atoms with Gasteiger partial charge in [-0.3, -0.25) is 4.72 Å². The number of carbonyl (C=O) groups is 1. The van der Waals surface area contributed by atoms with Crippen LogP contribution in [-0.2, 0) is 10.0 Å². The third-order valence-electron chi connectivity index (χ3n) is 4.30. The predicted octanol–water partition coefficient (Wildman–Crippen LogP) is 4.56. The Kier molecular flexibility index (Phi) is 5.88. The van der Waals surface area contributed by atoms with Crippen molar-refractivity contribution in [1.82, 2.24) is 0 Å². The van der Waals surface area contributed by atoms with E-state index in [0.717, 1.165) is 0 Å². The summed E-state index contributed by atoms with van der Waals surface area (Å²) in [7, 11) is -3.83. The number of nitrogens with one attached hydrogen (secondary N) is 3. The van der Waals surface area contributed by atoms with Crippen molar-refractivity contribution in [2.45, 2.75) is 4.90 Å². The fourth-order valence-corrected chi connectivity index (χ4v) is 4.15. The molecular weight excluding hydrogens is 442 g/mol. The van der Waals surface area contributed by atoms with Gasteiger partial charge in [0.25, 0.3) is 10.0 Å². The zero-order valence-corrected chi connectivity index (χ0v) is 17.7. The Balaban J connectivity index is 1.40. The third-order valence-corrected chi connectivity index (χ3v) is 5.92. The number of urea groups is 1. The molecule has 2 amide bonds. The SMILES string of the molecule is O=C(Nc1ccc(NS(=O)(=O)c2ccc3c(c2)OCCO3)cc1)Nc1cccc(Cl)c1. The molecule has 1 heterocycles. The van der Waals surface area contributed by atoms with E-state index < -0.39 is 16.1 Å². The summed E-state index contributed by atoms with van der Waals surface area (Å²) in [6.45, 7) is 0.790. The number of hydrogen-bond acceptors (Lipinski definition) is 5. The van der Waals surface area contributed by atoms with Gasteiger partial charge in [-0.2, -0.15) is 0 Å². The summed E-state index contributed by atoms with van der Waals surface area (Å²) in [5.74, 6) is 0.899. The highest BCUT2D eigenvalue weighted by molar-refractivity contribution is 7.92. The molecule has 0 saturated heterocycles. The van der Waals surface area contributed by atoms with E-state index in [1.54, 1.807) is 54.6 Å². The molecule has 0 unspecified atom stereocenters. The second kappa shape index (κ2) is 8.75. The monoisotopic (exact) mass is 459 g/mol. The molecule has 31 heavy (non-hydrogen) atoms. The average Bonchev–Trinajstić information content (AvgIpc) is 2.74. The molecule has 0 spiro atoms. The van der Waals surface area contributed by atoms with Gasteiger partial charge in [0.15, 0.2) is 11.5 Å². The van der Waals surface area contributed by atoms with Gasteiger partial charge in [0, 0.05) is 28.2 Å². The van der Waals surface area contributed by atoms with Crippen molar-refractivity contribution in [2.24, 2.45) is 0 Å². The molecule has 0 saturated carbocycles. The number of anilines is 3. The molecule has 0 fully saturated rings. The first-order valence-electron chi connectivity index (χ1n) is 9.25. The number of halogens is 1. The standard InChI is InChI=1S/C21H18ClN3O5S/c22-14-2-1-3-17(12-14)24-21(26)23-15-4-6-16(7-5-15)25-31(27,28)18-8-9-19-20(13-18)30-11-10-29-19/h1-9,12-13,25H,10-11H2,(H2,23,24,26). The van der Waals surface area contributed by atoms with Crippen molar-refractivity contribution in [3.8, 4) is 11.5 Å². The highest BCUT2D eigenvalue weighted by Gasteiger charge is 2.19. The van der Waals surface area contributed by atoms with Crippen molar-refractivity contribution in [1.29, 1.82) is 0 Å². The summed E-state index contributed by atoms with van der Waals surface area (Å²) < 4.78 is 38.7. The van der Waals surface area contributed by atoms with Crippen molar-refractivity contribution in [3.05, 3.63) is 71.8 Å². The van der Waals surface area contributed by atoms with Gasteiger partial charge >= 0.3 is 6.03 Å². The van der Waals surface area contributed by atoms with E-state index in [0.29, 0.717) is 46.8 Å². The summed E-state index contributed by atoms with van der Waals surface area (Å²) in [6, 6.07) is 17.0. The molecular formula is C21H18ClN3O5S. The van der Waals surface area contributed by atoms with Crippen LogP contribution in [0.3, 0.4) is 0 Å². The minimum absolute atomic E-state index is 0.0554. The predicted molar refractivity (Wildman–Crippen MR) is 119 cm³/mol. The van der Waals surface area contributed by atoms with E-state index >= 15 is 0 Å². The molecule has 0 aliphatic carbocycles. The van der Waals surface area contributed by atoms with E-state index in [1.807, 2.05) is 0 Å². The van der Waals surface area contributed by atoms with Crippen LogP contribution in [0.2, 0.25) is 5.02 Å². The van der Waals surface area contributed by atoms with Crippen LogP contribution in [0.4, 0.5) is 21.9 Å². The average molecular weight is 460 g/mol. The molecule has 3 aromatic rings. The van der Waals surface area contributed by atoms with Crippen LogP contribution >= 0.6 is 11.6 Å². The zero-order valence-electron chi connectivity index (χ0n) is 16.1. The first-order valence-corrected chi connectivity index (χ1v) is 11.1. The molecule has 0 bridgehead atoms. The minimum atomic E-state index is -3.83. The second-order valence-electron chi connectivity index (χ2n) is 6.58. The Morgan fingerprint density at radius 1 is 0.806 bits per heavy atom. The first kappa shape index (κ1) is 20.8. The lowest BCUT2D eigenvalue weighted by molar-refractivity contribution is 0.171. The Hall–Kier alpha value is -3.43. The number of rotatable bonds is 5. The lowest BCUT2D eigenvalue weighted by Gasteiger charge is -2.19. The number of carbonyl (C=O) groups excluding carboxylic acids is 1. The quantitative estimate of drug-likeness (QED) is 0.518. The van der Waals surface area contributed by atoms with Crippen LogP contribution in [0.15, 0.2) is 71.6 Å². The van der Waals surface area contributed by atoms with E-state index in [4.69, 9.17) is 21.1 Å².